The van der Waals surface area contributed by atoms with E-state index in [4.69, 9.17) is 4.74 Å². The fraction of sp³-hybridized carbons (Fsp3) is 0.312. The third kappa shape index (κ3) is 2.33. The molecule has 0 amide bonds. The minimum absolute atomic E-state index is 0.115. The topological polar surface area (TPSA) is 45.1 Å². The van der Waals surface area contributed by atoms with Crippen molar-refractivity contribution in [1.29, 1.82) is 0 Å². The molecule has 0 radical (unpaired) electrons. The zero-order valence-electron chi connectivity index (χ0n) is 12.8. The van der Waals surface area contributed by atoms with Crippen LogP contribution in [0.5, 0.6) is 0 Å². The van der Waals surface area contributed by atoms with Gasteiger partial charge in [-0.25, -0.2) is 14.4 Å². The molecule has 1 aromatic carbocycles. The molecule has 0 aliphatic carbocycles. The Balaban J connectivity index is 2.39. The largest absolute Gasteiger partial charge is 0.426 e. The standard InChI is InChI=1S/C16H14F4N2O2/c1-9(2)24-15(16(18,19)20)11-4-3-7-22(23)14(11)21-13-6-5-10(17)8-12(13)15/h3-9,23H,1-2H3. The van der Waals surface area contributed by atoms with Crippen LogP contribution in [-0.4, -0.2) is 28.4 Å². The van der Waals surface area contributed by atoms with Crippen molar-refractivity contribution in [3.63, 3.8) is 0 Å². The van der Waals surface area contributed by atoms with Crippen molar-refractivity contribution < 1.29 is 27.5 Å². The molecule has 1 atom stereocenters. The smallest absolute Gasteiger partial charge is 0.354 e. The van der Waals surface area contributed by atoms with Crippen molar-refractivity contribution in [3.8, 4) is 0 Å². The maximum Gasteiger partial charge on any atom is 0.426 e. The molecule has 0 spiro atoms. The summed E-state index contributed by atoms with van der Waals surface area (Å²) < 4.78 is 61.6. The minimum atomic E-state index is -4.90. The summed E-state index contributed by atoms with van der Waals surface area (Å²) in [6.45, 7) is 2.90. The van der Waals surface area contributed by atoms with Gasteiger partial charge in [0.2, 0.25) is 5.60 Å². The van der Waals surface area contributed by atoms with Gasteiger partial charge in [-0.2, -0.15) is 13.2 Å². The number of allylic oxidation sites excluding steroid dienone is 2. The fourth-order valence-corrected chi connectivity index (χ4v) is 2.88. The lowest BCUT2D eigenvalue weighted by atomic mass is 9.80. The van der Waals surface area contributed by atoms with E-state index in [1.54, 1.807) is 0 Å². The highest BCUT2D eigenvalue weighted by Gasteiger charge is 2.64. The number of rotatable bonds is 2. The van der Waals surface area contributed by atoms with E-state index in [2.05, 4.69) is 4.99 Å². The molecular weight excluding hydrogens is 328 g/mol. The van der Waals surface area contributed by atoms with Crippen molar-refractivity contribution in [2.45, 2.75) is 31.7 Å². The zero-order chi connectivity index (χ0) is 17.7. The van der Waals surface area contributed by atoms with Crippen LogP contribution < -0.4 is 0 Å². The van der Waals surface area contributed by atoms with Crippen molar-refractivity contribution in [3.05, 3.63) is 53.5 Å². The first-order valence-corrected chi connectivity index (χ1v) is 7.17. The van der Waals surface area contributed by atoms with Gasteiger partial charge in [-0.05, 0) is 38.1 Å². The Bertz CT molecular complexity index is 768. The monoisotopic (exact) mass is 342 g/mol. The second-order valence-electron chi connectivity index (χ2n) is 5.71. The molecule has 24 heavy (non-hydrogen) atoms. The van der Waals surface area contributed by atoms with E-state index in [-0.39, 0.29) is 11.5 Å². The fourth-order valence-electron chi connectivity index (χ4n) is 2.88. The summed E-state index contributed by atoms with van der Waals surface area (Å²) in [4.78, 5) is 4.03. The van der Waals surface area contributed by atoms with Crippen LogP contribution in [0.1, 0.15) is 19.4 Å². The number of amidine groups is 1. The number of ether oxygens (including phenoxy) is 1. The molecule has 0 saturated carbocycles. The number of hydroxylamine groups is 2. The second kappa shape index (κ2) is 5.42. The third-order valence-electron chi connectivity index (χ3n) is 3.70. The van der Waals surface area contributed by atoms with Crippen LogP contribution in [0.3, 0.4) is 0 Å². The zero-order valence-corrected chi connectivity index (χ0v) is 12.8. The second-order valence-corrected chi connectivity index (χ2v) is 5.71. The summed E-state index contributed by atoms with van der Waals surface area (Å²) in [6.07, 6.45) is -2.16. The molecule has 0 fully saturated rings. The van der Waals surface area contributed by atoms with Crippen molar-refractivity contribution in [2.75, 3.05) is 0 Å². The number of alkyl halides is 3. The summed E-state index contributed by atoms with van der Waals surface area (Å²) >= 11 is 0. The lowest BCUT2D eigenvalue weighted by Crippen LogP contribution is -2.53. The van der Waals surface area contributed by atoms with Crippen molar-refractivity contribution in [2.24, 2.45) is 4.99 Å². The van der Waals surface area contributed by atoms with Gasteiger partial charge in [0.25, 0.3) is 0 Å². The maximum absolute atomic E-state index is 14.2. The number of benzene rings is 1. The van der Waals surface area contributed by atoms with E-state index < -0.39 is 34.8 Å². The van der Waals surface area contributed by atoms with Gasteiger partial charge in [-0.15, -0.1) is 0 Å². The minimum Gasteiger partial charge on any atom is -0.354 e. The summed E-state index contributed by atoms with van der Waals surface area (Å²) in [5, 5.41) is 10.4. The van der Waals surface area contributed by atoms with E-state index in [1.165, 1.54) is 19.9 Å². The van der Waals surface area contributed by atoms with Gasteiger partial charge in [-0.1, -0.05) is 6.08 Å². The normalized spacial score (nSPS) is 22.9. The van der Waals surface area contributed by atoms with E-state index in [1.807, 2.05) is 0 Å². The lowest BCUT2D eigenvalue weighted by molar-refractivity contribution is -0.277. The van der Waals surface area contributed by atoms with Crippen LogP contribution in [0.4, 0.5) is 23.2 Å². The summed E-state index contributed by atoms with van der Waals surface area (Å²) in [6, 6.07) is 2.91. The third-order valence-corrected chi connectivity index (χ3v) is 3.70. The molecule has 1 N–H and O–H groups in total. The highest BCUT2D eigenvalue weighted by molar-refractivity contribution is 6.05. The Morgan fingerprint density at radius 2 is 2.00 bits per heavy atom. The highest BCUT2D eigenvalue weighted by atomic mass is 19.4. The average molecular weight is 342 g/mol. The highest BCUT2D eigenvalue weighted by Crippen LogP contribution is 2.54. The van der Waals surface area contributed by atoms with Gasteiger partial charge < -0.3 is 4.74 Å². The molecule has 128 valence electrons. The first kappa shape index (κ1) is 16.7. The number of aliphatic imine (C=N–C) groups is 1. The molecule has 1 aromatic rings. The molecule has 8 heteroatoms. The quantitative estimate of drug-likeness (QED) is 0.820. The Morgan fingerprint density at radius 3 is 2.62 bits per heavy atom. The molecular formula is C16H14F4N2O2. The van der Waals surface area contributed by atoms with Gasteiger partial charge in [-0.3, -0.25) is 5.21 Å². The predicted octanol–water partition coefficient (Wildman–Crippen LogP) is 4.20. The Labute approximate surface area is 135 Å². The summed E-state index contributed by atoms with van der Waals surface area (Å²) in [5.74, 6) is -1.14. The lowest BCUT2D eigenvalue weighted by Gasteiger charge is -2.43. The first-order chi connectivity index (χ1) is 11.2. The molecule has 0 aromatic heterocycles. The molecule has 1 unspecified atom stereocenters. The summed E-state index contributed by atoms with van der Waals surface area (Å²) in [7, 11) is 0. The van der Waals surface area contributed by atoms with Gasteiger partial charge >= 0.3 is 6.18 Å². The number of nitrogens with zero attached hydrogens (tertiary/aromatic N) is 2. The van der Waals surface area contributed by atoms with E-state index >= 15 is 0 Å². The van der Waals surface area contributed by atoms with Crippen LogP contribution in [-0.2, 0) is 10.3 Å². The van der Waals surface area contributed by atoms with Crippen LogP contribution in [0.25, 0.3) is 0 Å². The number of hydrogen-bond acceptors (Lipinski definition) is 4. The van der Waals surface area contributed by atoms with Crippen LogP contribution in [0.15, 0.2) is 47.1 Å². The first-order valence-electron chi connectivity index (χ1n) is 7.17. The Morgan fingerprint density at radius 1 is 1.29 bits per heavy atom. The van der Waals surface area contributed by atoms with Crippen LogP contribution in [0.2, 0.25) is 0 Å². The van der Waals surface area contributed by atoms with E-state index in [9.17, 15) is 22.8 Å². The molecule has 0 saturated heterocycles. The number of halogens is 4. The molecule has 2 heterocycles. The van der Waals surface area contributed by atoms with Gasteiger partial charge in [0, 0.05) is 17.3 Å². The average Bonchev–Trinajstić information content (AvgIpc) is 2.47. The summed E-state index contributed by atoms with van der Waals surface area (Å²) in [5.41, 5.74) is -3.88. The predicted molar refractivity (Wildman–Crippen MR) is 78.3 cm³/mol. The van der Waals surface area contributed by atoms with Gasteiger partial charge in [0.1, 0.15) is 5.82 Å². The molecule has 0 bridgehead atoms. The number of hydrogen-bond donors (Lipinski definition) is 1. The van der Waals surface area contributed by atoms with Crippen LogP contribution >= 0.6 is 0 Å². The van der Waals surface area contributed by atoms with E-state index in [0.717, 1.165) is 30.5 Å². The SMILES string of the molecule is CC(C)OC1(C(F)(F)F)C2=CC=CN(O)C2=Nc2ccc(F)cc21. The maximum atomic E-state index is 14.2. The molecule has 2 aliphatic heterocycles. The van der Waals surface area contributed by atoms with Gasteiger partial charge in [0.15, 0.2) is 5.84 Å². The van der Waals surface area contributed by atoms with Crippen molar-refractivity contribution >= 4 is 11.5 Å². The molecule has 2 aliphatic rings. The van der Waals surface area contributed by atoms with E-state index in [0.29, 0.717) is 5.06 Å². The Kier molecular flexibility index (Phi) is 3.76. The van der Waals surface area contributed by atoms with Crippen LogP contribution in [0, 0.1) is 5.82 Å². The molecule has 3 rings (SSSR count). The van der Waals surface area contributed by atoms with Gasteiger partial charge in [0.05, 0.1) is 11.8 Å². The molecule has 4 nitrogen and oxygen atoms in total. The Hall–Kier alpha value is -2.19. The van der Waals surface area contributed by atoms with Crippen molar-refractivity contribution in [1.82, 2.24) is 5.06 Å². The number of fused-ring (bicyclic) bond motifs is 2.